The van der Waals surface area contributed by atoms with Gasteiger partial charge in [0.05, 0.1) is 25.3 Å². The molecular weight excluding hydrogens is 287 g/mol. The van der Waals surface area contributed by atoms with Crippen LogP contribution >= 0.6 is 14.6 Å². The van der Waals surface area contributed by atoms with Gasteiger partial charge in [0.25, 0.3) is 0 Å². The van der Waals surface area contributed by atoms with Crippen molar-refractivity contribution >= 4 is 14.6 Å². The second kappa shape index (κ2) is 8.87. The highest BCUT2D eigenvalue weighted by atomic mass is 31.2. The van der Waals surface area contributed by atoms with E-state index in [-0.39, 0.29) is 50.1 Å². The number of nitrogens with zero attached hydrogens (tertiary/aromatic N) is 3. The summed E-state index contributed by atoms with van der Waals surface area (Å²) in [5, 5.41) is 25.3. The van der Waals surface area contributed by atoms with E-state index in [1.54, 1.807) is 6.07 Å². The first kappa shape index (κ1) is 17.9. The summed E-state index contributed by atoms with van der Waals surface area (Å²) in [5.74, 6) is 0. The van der Waals surface area contributed by atoms with Crippen LogP contribution in [0.5, 0.6) is 0 Å². The highest BCUT2D eigenvalue weighted by Gasteiger charge is 2.28. The lowest BCUT2D eigenvalue weighted by atomic mass is 10.5. The van der Waals surface area contributed by atoms with Gasteiger partial charge in [0.15, 0.2) is 0 Å². The smallest absolute Gasteiger partial charge is 0.245 e. The number of nitriles is 3. The van der Waals surface area contributed by atoms with Crippen LogP contribution in [-0.2, 0) is 9.13 Å². The quantitative estimate of drug-likeness (QED) is 0.607. The normalized spacial score (nSPS) is 13.8. The van der Waals surface area contributed by atoms with Gasteiger partial charge in [0.1, 0.15) is 0 Å². The molecule has 0 saturated carbocycles. The van der Waals surface area contributed by atoms with E-state index in [1.165, 1.54) is 0 Å². The van der Waals surface area contributed by atoms with Crippen molar-refractivity contribution < 1.29 is 13.3 Å². The Labute approximate surface area is 112 Å². The molecule has 8 heteroatoms. The highest BCUT2D eigenvalue weighted by molar-refractivity contribution is 7.66. The van der Waals surface area contributed by atoms with E-state index in [2.05, 4.69) is 0 Å². The third kappa shape index (κ3) is 8.56. The van der Waals surface area contributed by atoms with Crippen molar-refractivity contribution in [3.05, 3.63) is 0 Å². The van der Waals surface area contributed by atoms with Gasteiger partial charge in [0, 0.05) is 50.1 Å². The SMILES string of the molecule is N#CCCP(=O)(F)CCP(=O)(CCC#N)CCC#N. The highest BCUT2D eigenvalue weighted by Crippen LogP contribution is 2.54. The fourth-order valence-corrected chi connectivity index (χ4v) is 6.50. The topological polar surface area (TPSA) is 106 Å². The summed E-state index contributed by atoms with van der Waals surface area (Å²) in [5.41, 5.74) is 0. The Hall–Kier alpha value is -1.14. The van der Waals surface area contributed by atoms with Crippen LogP contribution in [0.3, 0.4) is 0 Å². The molecule has 1 atom stereocenters. The maximum absolute atomic E-state index is 13.6. The molecule has 0 N–H and O–H groups in total. The number of halogens is 1. The number of hydrogen-bond donors (Lipinski definition) is 0. The van der Waals surface area contributed by atoms with Gasteiger partial charge in [-0.1, -0.05) is 0 Å². The maximum atomic E-state index is 13.6. The van der Waals surface area contributed by atoms with Crippen molar-refractivity contribution in [2.75, 3.05) is 30.8 Å². The third-order valence-corrected chi connectivity index (χ3v) is 7.91. The van der Waals surface area contributed by atoms with Gasteiger partial charge in [-0.05, 0) is 0 Å². The average molecular weight is 303 g/mol. The van der Waals surface area contributed by atoms with Crippen LogP contribution < -0.4 is 0 Å². The molecule has 0 rings (SSSR count). The molecular formula is C11H16FN3O2P2. The Morgan fingerprint density at radius 2 is 1.16 bits per heavy atom. The molecule has 19 heavy (non-hydrogen) atoms. The summed E-state index contributed by atoms with van der Waals surface area (Å²) in [6, 6.07) is 5.46. The van der Waals surface area contributed by atoms with Crippen molar-refractivity contribution in [2.24, 2.45) is 0 Å². The summed E-state index contributed by atoms with van der Waals surface area (Å²) in [6.07, 6.45) is -0.422. The molecule has 0 fully saturated rings. The molecule has 0 bridgehead atoms. The van der Waals surface area contributed by atoms with Crippen molar-refractivity contribution in [2.45, 2.75) is 19.3 Å². The van der Waals surface area contributed by atoms with Gasteiger partial charge in [-0.3, -0.25) is 4.57 Å². The monoisotopic (exact) mass is 303 g/mol. The molecule has 5 nitrogen and oxygen atoms in total. The van der Waals surface area contributed by atoms with Crippen molar-refractivity contribution in [1.82, 2.24) is 0 Å². The second-order valence-electron chi connectivity index (χ2n) is 4.19. The fraction of sp³-hybridized carbons (Fsp3) is 0.727. The van der Waals surface area contributed by atoms with Crippen LogP contribution in [0.15, 0.2) is 0 Å². The summed E-state index contributed by atoms with van der Waals surface area (Å²) in [7, 11) is -6.75. The zero-order valence-electron chi connectivity index (χ0n) is 10.6. The Kier molecular flexibility index (Phi) is 8.34. The minimum atomic E-state index is -3.93. The summed E-state index contributed by atoms with van der Waals surface area (Å²) in [4.78, 5) is 0. The first-order valence-electron chi connectivity index (χ1n) is 5.85. The predicted molar refractivity (Wildman–Crippen MR) is 71.3 cm³/mol. The van der Waals surface area contributed by atoms with E-state index in [1.807, 2.05) is 12.1 Å². The maximum Gasteiger partial charge on any atom is 0.245 e. The van der Waals surface area contributed by atoms with E-state index in [9.17, 15) is 13.3 Å². The Balaban J connectivity index is 4.54. The van der Waals surface area contributed by atoms with Crippen LogP contribution in [-0.4, -0.2) is 30.8 Å². The molecule has 0 spiro atoms. The van der Waals surface area contributed by atoms with E-state index in [0.717, 1.165) is 0 Å². The van der Waals surface area contributed by atoms with Gasteiger partial charge in [0.2, 0.25) is 7.45 Å². The summed E-state index contributed by atoms with van der Waals surface area (Å²) >= 11 is 0. The molecule has 0 aromatic rings. The van der Waals surface area contributed by atoms with E-state index in [4.69, 9.17) is 15.8 Å². The van der Waals surface area contributed by atoms with Gasteiger partial charge < -0.3 is 4.57 Å². The number of rotatable bonds is 9. The van der Waals surface area contributed by atoms with Crippen LogP contribution in [0.25, 0.3) is 0 Å². The minimum absolute atomic E-state index is 0.0600. The zero-order chi connectivity index (χ0) is 14.8. The van der Waals surface area contributed by atoms with Gasteiger partial charge in [-0.2, -0.15) is 20.0 Å². The van der Waals surface area contributed by atoms with Gasteiger partial charge in [-0.25, -0.2) is 0 Å². The van der Waals surface area contributed by atoms with Crippen molar-refractivity contribution in [1.29, 1.82) is 15.8 Å². The summed E-state index contributed by atoms with van der Waals surface area (Å²) < 4.78 is 37.5. The average Bonchev–Trinajstić information content (AvgIpc) is 2.39. The molecule has 104 valence electrons. The molecule has 0 aromatic heterocycles. The van der Waals surface area contributed by atoms with Crippen LogP contribution in [0.2, 0.25) is 0 Å². The fourth-order valence-electron chi connectivity index (χ4n) is 1.50. The molecule has 0 heterocycles. The molecule has 0 amide bonds. The lowest BCUT2D eigenvalue weighted by Gasteiger charge is -2.16. The van der Waals surface area contributed by atoms with Crippen LogP contribution in [0.4, 0.5) is 4.20 Å². The Morgan fingerprint density at radius 1 is 0.737 bits per heavy atom. The molecule has 0 aliphatic carbocycles. The van der Waals surface area contributed by atoms with Crippen molar-refractivity contribution in [3.63, 3.8) is 0 Å². The Bertz CT molecular complexity index is 480. The lowest BCUT2D eigenvalue weighted by Crippen LogP contribution is -2.04. The molecule has 1 unspecified atom stereocenters. The van der Waals surface area contributed by atoms with Crippen molar-refractivity contribution in [3.8, 4) is 18.2 Å². The minimum Gasteiger partial charge on any atom is -0.323 e. The van der Waals surface area contributed by atoms with Gasteiger partial charge >= 0.3 is 0 Å². The molecule has 0 saturated heterocycles. The zero-order valence-corrected chi connectivity index (χ0v) is 12.4. The molecule has 0 aliphatic rings. The molecule has 0 radical (unpaired) electrons. The molecule has 0 aliphatic heterocycles. The van der Waals surface area contributed by atoms with E-state index < -0.39 is 14.6 Å². The van der Waals surface area contributed by atoms with E-state index >= 15 is 0 Å². The second-order valence-corrected chi connectivity index (χ2v) is 10.1. The molecule has 0 aromatic carbocycles. The largest absolute Gasteiger partial charge is 0.323 e. The summed E-state index contributed by atoms with van der Waals surface area (Å²) in [6.45, 7) is 0. The van der Waals surface area contributed by atoms with Crippen LogP contribution in [0.1, 0.15) is 19.3 Å². The number of hydrogen-bond acceptors (Lipinski definition) is 5. The standard InChI is InChI=1S/C11H16FN3O2P2/c12-19(17,9-3-6-15)11-10-18(16,7-1-4-13)8-2-5-14/h1-3,7-11H2. The first-order valence-corrected chi connectivity index (χ1v) is 10.1. The predicted octanol–water partition coefficient (Wildman–Crippen LogP) is 3.34. The first-order chi connectivity index (χ1) is 8.89. The third-order valence-electron chi connectivity index (χ3n) is 2.66. The van der Waals surface area contributed by atoms with Gasteiger partial charge in [-0.15, -0.1) is 0 Å². The Morgan fingerprint density at radius 3 is 1.58 bits per heavy atom. The lowest BCUT2D eigenvalue weighted by molar-refractivity contribution is 0.539. The van der Waals surface area contributed by atoms with E-state index in [0.29, 0.717) is 0 Å². The van der Waals surface area contributed by atoms with Crippen LogP contribution in [0, 0.1) is 34.0 Å².